The van der Waals surface area contributed by atoms with Gasteiger partial charge in [0.05, 0.1) is 18.2 Å². The van der Waals surface area contributed by atoms with E-state index >= 15 is 0 Å². The maximum Gasteiger partial charge on any atom is 0.278 e. The van der Waals surface area contributed by atoms with Crippen molar-refractivity contribution in [3.8, 4) is 0 Å². The summed E-state index contributed by atoms with van der Waals surface area (Å²) in [6.45, 7) is -0.516. The lowest BCUT2D eigenvalue weighted by Crippen LogP contribution is -2.14. The minimum atomic E-state index is -2.77. The molecule has 0 aliphatic rings. The van der Waals surface area contributed by atoms with Gasteiger partial charge in [-0.25, -0.2) is 8.78 Å². The highest BCUT2D eigenvalue weighted by Crippen LogP contribution is 2.16. The van der Waals surface area contributed by atoms with E-state index in [-0.39, 0.29) is 17.1 Å². The molecule has 0 amide bonds. The second-order valence-electron chi connectivity index (χ2n) is 2.64. The number of halogens is 3. The number of H-pyrrole nitrogens is 1. The molecular formula is C8H8ClF2NO2. The van der Waals surface area contributed by atoms with Crippen molar-refractivity contribution in [3.63, 3.8) is 0 Å². The fraction of sp³-hybridized carbons (Fsp3) is 0.375. The van der Waals surface area contributed by atoms with Crippen LogP contribution in [0.25, 0.3) is 0 Å². The topological polar surface area (TPSA) is 53.1 Å². The highest BCUT2D eigenvalue weighted by Gasteiger charge is 2.13. The van der Waals surface area contributed by atoms with E-state index in [0.717, 1.165) is 6.07 Å². The molecule has 1 heterocycles. The second-order valence-corrected chi connectivity index (χ2v) is 2.91. The summed E-state index contributed by atoms with van der Waals surface area (Å²) in [5.74, 6) is -0.116. The van der Waals surface area contributed by atoms with Crippen molar-refractivity contribution < 1.29 is 13.9 Å². The van der Waals surface area contributed by atoms with Crippen LogP contribution in [0.15, 0.2) is 10.9 Å². The Morgan fingerprint density at radius 2 is 2.21 bits per heavy atom. The maximum atomic E-state index is 12.2. The summed E-state index contributed by atoms with van der Waals surface area (Å²) in [6, 6.07) is 0.793. The first-order chi connectivity index (χ1) is 6.60. The monoisotopic (exact) mass is 223 g/mol. The number of aliphatic hydroxyl groups excluding tert-OH is 1. The van der Waals surface area contributed by atoms with E-state index < -0.39 is 24.2 Å². The standard InChI is InChI=1S/C8H8ClF2NO2/c9-2-4-6(3-13)12-5(8(10)11)1-7(4)14/h1,8,13H,2-3H2,(H,12,14). The fourth-order valence-corrected chi connectivity index (χ4v) is 1.35. The maximum absolute atomic E-state index is 12.2. The van der Waals surface area contributed by atoms with Gasteiger partial charge in [-0.1, -0.05) is 0 Å². The molecule has 14 heavy (non-hydrogen) atoms. The Morgan fingerprint density at radius 3 is 2.64 bits per heavy atom. The molecule has 2 N–H and O–H groups in total. The molecule has 0 bridgehead atoms. The third kappa shape index (κ3) is 2.10. The highest BCUT2D eigenvalue weighted by atomic mass is 35.5. The zero-order chi connectivity index (χ0) is 10.7. The molecule has 6 heteroatoms. The van der Waals surface area contributed by atoms with E-state index in [1.165, 1.54) is 0 Å². The van der Waals surface area contributed by atoms with Crippen LogP contribution in [0.5, 0.6) is 0 Å². The van der Waals surface area contributed by atoms with Gasteiger partial charge >= 0.3 is 0 Å². The number of rotatable bonds is 3. The first-order valence-corrected chi connectivity index (χ1v) is 4.33. The highest BCUT2D eigenvalue weighted by molar-refractivity contribution is 6.17. The summed E-state index contributed by atoms with van der Waals surface area (Å²) in [7, 11) is 0. The molecule has 0 saturated carbocycles. The molecule has 0 aromatic carbocycles. The molecule has 0 aliphatic heterocycles. The van der Waals surface area contributed by atoms with Crippen LogP contribution in [0.4, 0.5) is 8.78 Å². The summed E-state index contributed by atoms with van der Waals surface area (Å²) < 4.78 is 24.4. The zero-order valence-corrected chi connectivity index (χ0v) is 7.81. The number of pyridine rings is 1. The molecule has 78 valence electrons. The van der Waals surface area contributed by atoms with Gasteiger partial charge in [0.2, 0.25) is 0 Å². The molecule has 0 aliphatic carbocycles. The molecule has 1 aromatic rings. The van der Waals surface area contributed by atoms with Crippen LogP contribution in [0, 0.1) is 0 Å². The van der Waals surface area contributed by atoms with Crippen LogP contribution in [0.2, 0.25) is 0 Å². The molecule has 1 rings (SSSR count). The van der Waals surface area contributed by atoms with Gasteiger partial charge in [-0.2, -0.15) is 0 Å². The lowest BCUT2D eigenvalue weighted by Gasteiger charge is -2.06. The average Bonchev–Trinajstić information content (AvgIpc) is 2.16. The molecule has 3 nitrogen and oxygen atoms in total. The number of aliphatic hydroxyl groups is 1. The number of aromatic amines is 1. The predicted molar refractivity (Wildman–Crippen MR) is 47.5 cm³/mol. The van der Waals surface area contributed by atoms with Crippen LogP contribution >= 0.6 is 11.6 Å². The quantitative estimate of drug-likeness (QED) is 0.764. The van der Waals surface area contributed by atoms with Gasteiger partial charge < -0.3 is 10.1 Å². The Bertz CT molecular complexity index is 378. The number of hydrogen-bond acceptors (Lipinski definition) is 2. The first kappa shape index (κ1) is 11.1. The normalized spacial score (nSPS) is 10.9. The van der Waals surface area contributed by atoms with E-state index in [9.17, 15) is 13.6 Å². The Labute approximate surface area is 83.3 Å². The van der Waals surface area contributed by atoms with Gasteiger partial charge in [0.15, 0.2) is 5.43 Å². The SMILES string of the molecule is O=c1cc(C(F)F)[nH]c(CO)c1CCl. The smallest absolute Gasteiger partial charge is 0.278 e. The summed E-state index contributed by atoms with van der Waals surface area (Å²) >= 11 is 5.43. The largest absolute Gasteiger partial charge is 0.390 e. The third-order valence-corrected chi connectivity index (χ3v) is 2.04. The molecule has 1 aromatic heterocycles. The third-order valence-electron chi connectivity index (χ3n) is 1.77. The van der Waals surface area contributed by atoms with E-state index in [0.29, 0.717) is 0 Å². The average molecular weight is 224 g/mol. The van der Waals surface area contributed by atoms with Crippen molar-refractivity contribution in [2.75, 3.05) is 0 Å². The van der Waals surface area contributed by atoms with Crippen molar-refractivity contribution in [2.24, 2.45) is 0 Å². The van der Waals surface area contributed by atoms with Gasteiger partial charge in [-0.15, -0.1) is 11.6 Å². The van der Waals surface area contributed by atoms with Gasteiger partial charge in [0.25, 0.3) is 6.43 Å². The van der Waals surface area contributed by atoms with Gasteiger partial charge in [0.1, 0.15) is 0 Å². The molecule has 0 spiro atoms. The Kier molecular flexibility index (Phi) is 3.60. The molecule has 0 saturated heterocycles. The first-order valence-electron chi connectivity index (χ1n) is 3.80. The van der Waals surface area contributed by atoms with Crippen LogP contribution in [-0.4, -0.2) is 10.1 Å². The Balaban J connectivity index is 3.32. The van der Waals surface area contributed by atoms with Crippen molar-refractivity contribution in [1.82, 2.24) is 4.98 Å². The molecule has 0 unspecified atom stereocenters. The van der Waals surface area contributed by atoms with Crippen LogP contribution in [-0.2, 0) is 12.5 Å². The van der Waals surface area contributed by atoms with Crippen LogP contribution in [0.3, 0.4) is 0 Å². The van der Waals surface area contributed by atoms with E-state index in [1.54, 1.807) is 0 Å². The minimum Gasteiger partial charge on any atom is -0.390 e. The second kappa shape index (κ2) is 4.52. The molecule has 0 fully saturated rings. The zero-order valence-electron chi connectivity index (χ0n) is 7.06. The van der Waals surface area contributed by atoms with Gasteiger partial charge in [-0.3, -0.25) is 4.79 Å². The summed E-state index contributed by atoms with van der Waals surface area (Å²) in [6.07, 6.45) is -2.77. The minimum absolute atomic E-state index is 0.0443. The van der Waals surface area contributed by atoms with Crippen molar-refractivity contribution in [2.45, 2.75) is 18.9 Å². The molecule has 0 radical (unpaired) electrons. The van der Waals surface area contributed by atoms with Gasteiger partial charge in [-0.05, 0) is 0 Å². The van der Waals surface area contributed by atoms with Crippen LogP contribution < -0.4 is 5.43 Å². The predicted octanol–water partition coefficient (Wildman–Crippen LogP) is 1.54. The summed E-state index contributed by atoms with van der Waals surface area (Å²) in [5.41, 5.74) is -0.924. The number of alkyl halides is 3. The summed E-state index contributed by atoms with van der Waals surface area (Å²) in [5, 5.41) is 8.81. The van der Waals surface area contributed by atoms with E-state index in [1.807, 2.05) is 0 Å². The lowest BCUT2D eigenvalue weighted by atomic mass is 10.2. The van der Waals surface area contributed by atoms with Crippen molar-refractivity contribution in [3.05, 3.63) is 33.2 Å². The molecule has 0 atom stereocenters. The fourth-order valence-electron chi connectivity index (χ4n) is 1.06. The van der Waals surface area contributed by atoms with Crippen LogP contribution in [0.1, 0.15) is 23.4 Å². The number of hydrogen-bond donors (Lipinski definition) is 2. The van der Waals surface area contributed by atoms with Gasteiger partial charge in [0, 0.05) is 17.3 Å². The number of aromatic nitrogens is 1. The van der Waals surface area contributed by atoms with Crippen molar-refractivity contribution >= 4 is 11.6 Å². The Hall–Kier alpha value is -0.940. The molecular weight excluding hydrogens is 216 g/mol. The van der Waals surface area contributed by atoms with Crippen molar-refractivity contribution in [1.29, 1.82) is 0 Å². The van der Waals surface area contributed by atoms with E-state index in [4.69, 9.17) is 16.7 Å². The Morgan fingerprint density at radius 1 is 1.57 bits per heavy atom. The summed E-state index contributed by atoms with van der Waals surface area (Å²) in [4.78, 5) is 13.5. The lowest BCUT2D eigenvalue weighted by molar-refractivity contribution is 0.145. The van der Waals surface area contributed by atoms with E-state index in [2.05, 4.69) is 4.98 Å². The number of nitrogens with one attached hydrogen (secondary N) is 1.